The van der Waals surface area contributed by atoms with Crippen LogP contribution < -0.4 is 5.32 Å². The summed E-state index contributed by atoms with van der Waals surface area (Å²) in [7, 11) is 0. The maximum Gasteiger partial charge on any atom is 0.123 e. The number of halogens is 1. The first-order chi connectivity index (χ1) is 8.81. The summed E-state index contributed by atoms with van der Waals surface area (Å²) in [6.45, 7) is 2.22. The van der Waals surface area contributed by atoms with Crippen LogP contribution in [0.1, 0.15) is 18.4 Å². The van der Waals surface area contributed by atoms with Gasteiger partial charge in [0.15, 0.2) is 0 Å². The molecule has 2 nitrogen and oxygen atoms in total. The molecule has 3 heteroatoms. The monoisotopic (exact) mass is 244 g/mol. The molecule has 1 aromatic carbocycles. The second-order valence-electron chi connectivity index (χ2n) is 5.10. The highest BCUT2D eigenvalue weighted by Crippen LogP contribution is 2.19. The van der Waals surface area contributed by atoms with Crippen LogP contribution in [0.15, 0.2) is 30.5 Å². The Kier molecular flexibility index (Phi) is 3.24. The van der Waals surface area contributed by atoms with Crippen LogP contribution in [0, 0.1) is 11.7 Å². The van der Waals surface area contributed by atoms with Gasteiger partial charge in [0.1, 0.15) is 5.82 Å². The highest BCUT2D eigenvalue weighted by atomic mass is 19.1. The first-order valence-corrected chi connectivity index (χ1v) is 6.56. The third-order valence-electron chi connectivity index (χ3n) is 3.62. The SMILES string of the molecule is Fc1ccc2ncc(CC3CCCNC3)cc2c1. The largest absolute Gasteiger partial charge is 0.316 e. The standard InChI is InChI=1S/C15H17FN2/c16-14-3-4-15-13(8-14)7-12(10-18-15)6-11-2-1-5-17-9-11/h3-4,7-8,10-11,17H,1-2,5-6,9H2. The average Bonchev–Trinajstić information content (AvgIpc) is 2.39. The van der Waals surface area contributed by atoms with Crippen molar-refractivity contribution in [1.82, 2.24) is 10.3 Å². The van der Waals surface area contributed by atoms with Crippen molar-refractivity contribution in [2.75, 3.05) is 13.1 Å². The molecule has 1 aliphatic heterocycles. The lowest BCUT2D eigenvalue weighted by Crippen LogP contribution is -2.30. The number of rotatable bonds is 2. The number of nitrogens with zero attached hydrogens (tertiary/aromatic N) is 1. The normalized spacial score (nSPS) is 20.2. The van der Waals surface area contributed by atoms with Gasteiger partial charge in [-0.1, -0.05) is 0 Å². The van der Waals surface area contributed by atoms with E-state index >= 15 is 0 Å². The molecule has 1 aromatic heterocycles. The molecule has 1 aliphatic rings. The summed E-state index contributed by atoms with van der Waals surface area (Å²) in [6.07, 6.45) is 5.48. The molecule has 0 bridgehead atoms. The molecular weight excluding hydrogens is 227 g/mol. The number of benzene rings is 1. The van der Waals surface area contributed by atoms with E-state index in [-0.39, 0.29) is 5.82 Å². The van der Waals surface area contributed by atoms with Gasteiger partial charge in [0.2, 0.25) is 0 Å². The second kappa shape index (κ2) is 5.02. The van der Waals surface area contributed by atoms with Crippen molar-refractivity contribution >= 4 is 10.9 Å². The number of nitrogens with one attached hydrogen (secondary N) is 1. The minimum absolute atomic E-state index is 0.194. The number of fused-ring (bicyclic) bond motifs is 1. The topological polar surface area (TPSA) is 24.9 Å². The van der Waals surface area contributed by atoms with E-state index in [0.717, 1.165) is 30.4 Å². The van der Waals surface area contributed by atoms with Crippen LogP contribution in [-0.4, -0.2) is 18.1 Å². The fourth-order valence-electron chi connectivity index (χ4n) is 2.69. The van der Waals surface area contributed by atoms with Crippen molar-refractivity contribution in [1.29, 1.82) is 0 Å². The Bertz CT molecular complexity index is 547. The van der Waals surface area contributed by atoms with Crippen LogP contribution in [-0.2, 0) is 6.42 Å². The van der Waals surface area contributed by atoms with Gasteiger partial charge in [-0.25, -0.2) is 4.39 Å². The molecule has 0 saturated carbocycles. The van der Waals surface area contributed by atoms with E-state index in [2.05, 4.69) is 16.4 Å². The molecule has 0 spiro atoms. The molecule has 0 aliphatic carbocycles. The Hall–Kier alpha value is -1.48. The molecule has 1 atom stereocenters. The molecule has 0 amide bonds. The summed E-state index contributed by atoms with van der Waals surface area (Å²) < 4.78 is 13.2. The van der Waals surface area contributed by atoms with Crippen molar-refractivity contribution in [2.45, 2.75) is 19.3 Å². The molecule has 0 radical (unpaired) electrons. The molecular formula is C15H17FN2. The lowest BCUT2D eigenvalue weighted by atomic mass is 9.92. The summed E-state index contributed by atoms with van der Waals surface area (Å²) in [5, 5.41) is 4.32. The van der Waals surface area contributed by atoms with Gasteiger partial charge in [0, 0.05) is 11.6 Å². The number of hydrogen-bond donors (Lipinski definition) is 1. The number of piperidine rings is 1. The summed E-state index contributed by atoms with van der Waals surface area (Å²) >= 11 is 0. The van der Waals surface area contributed by atoms with Crippen LogP contribution in [0.5, 0.6) is 0 Å². The third-order valence-corrected chi connectivity index (χ3v) is 3.62. The maximum absolute atomic E-state index is 13.2. The van der Waals surface area contributed by atoms with E-state index in [9.17, 15) is 4.39 Å². The van der Waals surface area contributed by atoms with Crippen LogP contribution in [0.2, 0.25) is 0 Å². The first kappa shape index (κ1) is 11.6. The summed E-state index contributed by atoms with van der Waals surface area (Å²) in [5.74, 6) is 0.493. The molecule has 18 heavy (non-hydrogen) atoms. The lowest BCUT2D eigenvalue weighted by Gasteiger charge is -2.22. The van der Waals surface area contributed by atoms with E-state index in [1.807, 2.05) is 6.20 Å². The predicted molar refractivity (Wildman–Crippen MR) is 71.0 cm³/mol. The minimum atomic E-state index is -0.194. The van der Waals surface area contributed by atoms with Gasteiger partial charge in [0.25, 0.3) is 0 Å². The molecule has 94 valence electrons. The Morgan fingerprint density at radius 2 is 2.28 bits per heavy atom. The molecule has 1 N–H and O–H groups in total. The number of hydrogen-bond acceptors (Lipinski definition) is 2. The summed E-state index contributed by atoms with van der Waals surface area (Å²) in [6, 6.07) is 6.82. The van der Waals surface area contributed by atoms with E-state index in [1.165, 1.54) is 24.5 Å². The van der Waals surface area contributed by atoms with E-state index in [4.69, 9.17) is 0 Å². The molecule has 3 rings (SSSR count). The van der Waals surface area contributed by atoms with Gasteiger partial charge >= 0.3 is 0 Å². The predicted octanol–water partition coefficient (Wildman–Crippen LogP) is 2.92. The van der Waals surface area contributed by atoms with Crippen LogP contribution >= 0.6 is 0 Å². The third kappa shape index (κ3) is 2.51. The van der Waals surface area contributed by atoms with Gasteiger partial charge in [-0.2, -0.15) is 0 Å². The quantitative estimate of drug-likeness (QED) is 0.878. The Morgan fingerprint density at radius 3 is 3.11 bits per heavy atom. The van der Waals surface area contributed by atoms with E-state index in [0.29, 0.717) is 5.92 Å². The van der Waals surface area contributed by atoms with Crippen molar-refractivity contribution in [2.24, 2.45) is 5.92 Å². The van der Waals surface area contributed by atoms with Crippen molar-refractivity contribution in [3.8, 4) is 0 Å². The second-order valence-corrected chi connectivity index (χ2v) is 5.10. The maximum atomic E-state index is 13.2. The van der Waals surface area contributed by atoms with Crippen molar-refractivity contribution in [3.63, 3.8) is 0 Å². The fourth-order valence-corrected chi connectivity index (χ4v) is 2.69. The van der Waals surface area contributed by atoms with Crippen LogP contribution in [0.3, 0.4) is 0 Å². The van der Waals surface area contributed by atoms with Gasteiger partial charge in [0.05, 0.1) is 5.52 Å². The van der Waals surface area contributed by atoms with E-state index < -0.39 is 0 Å². The van der Waals surface area contributed by atoms with Crippen molar-refractivity contribution < 1.29 is 4.39 Å². The minimum Gasteiger partial charge on any atom is -0.316 e. The molecule has 2 aromatic rings. The smallest absolute Gasteiger partial charge is 0.123 e. The summed E-state index contributed by atoms with van der Waals surface area (Å²) in [4.78, 5) is 4.40. The Labute approximate surface area is 106 Å². The van der Waals surface area contributed by atoms with Gasteiger partial charge in [-0.05, 0) is 68.1 Å². The van der Waals surface area contributed by atoms with Crippen molar-refractivity contribution in [3.05, 3.63) is 41.8 Å². The molecule has 1 fully saturated rings. The number of aromatic nitrogens is 1. The zero-order valence-corrected chi connectivity index (χ0v) is 10.3. The molecule has 2 heterocycles. The van der Waals surface area contributed by atoms with Crippen LogP contribution in [0.4, 0.5) is 4.39 Å². The average molecular weight is 244 g/mol. The summed E-state index contributed by atoms with van der Waals surface area (Å²) in [5.41, 5.74) is 2.07. The lowest BCUT2D eigenvalue weighted by molar-refractivity contribution is 0.376. The highest BCUT2D eigenvalue weighted by molar-refractivity contribution is 5.78. The van der Waals surface area contributed by atoms with Gasteiger partial charge in [-0.3, -0.25) is 4.98 Å². The van der Waals surface area contributed by atoms with Crippen LogP contribution in [0.25, 0.3) is 10.9 Å². The van der Waals surface area contributed by atoms with E-state index in [1.54, 1.807) is 12.1 Å². The van der Waals surface area contributed by atoms with Gasteiger partial charge in [-0.15, -0.1) is 0 Å². The highest BCUT2D eigenvalue weighted by Gasteiger charge is 2.13. The Morgan fingerprint density at radius 1 is 1.33 bits per heavy atom. The zero-order chi connectivity index (χ0) is 12.4. The number of pyridine rings is 1. The zero-order valence-electron chi connectivity index (χ0n) is 10.3. The Balaban J connectivity index is 1.83. The van der Waals surface area contributed by atoms with Gasteiger partial charge < -0.3 is 5.32 Å². The molecule has 1 unspecified atom stereocenters. The first-order valence-electron chi connectivity index (χ1n) is 6.56. The molecule has 1 saturated heterocycles. The fraction of sp³-hybridized carbons (Fsp3) is 0.400.